The Morgan fingerprint density at radius 1 is 0.930 bits per heavy atom. The molecule has 10 heteroatoms. The molecule has 0 unspecified atom stereocenters. The van der Waals surface area contributed by atoms with Gasteiger partial charge in [0.2, 0.25) is 17.7 Å². The van der Waals surface area contributed by atoms with Gasteiger partial charge in [-0.25, -0.2) is 4.79 Å². The minimum atomic E-state index is -1.30. The summed E-state index contributed by atoms with van der Waals surface area (Å²) in [5.41, 5.74) is 6.68. The molecule has 234 valence electrons. The lowest BCUT2D eigenvalue weighted by atomic mass is 9.74. The molecule has 1 saturated carbocycles. The highest BCUT2D eigenvalue weighted by atomic mass is 16.5. The Bertz CT molecular complexity index is 1200. The van der Waals surface area contributed by atoms with Crippen LogP contribution in [0.5, 0.6) is 0 Å². The minimum Gasteiger partial charge on any atom is -0.445 e. The van der Waals surface area contributed by atoms with Crippen LogP contribution in [0.3, 0.4) is 0 Å². The maximum absolute atomic E-state index is 13.5. The molecule has 2 aromatic carbocycles. The van der Waals surface area contributed by atoms with E-state index in [-0.39, 0.29) is 29.9 Å². The molecule has 0 saturated heterocycles. The van der Waals surface area contributed by atoms with Crippen molar-refractivity contribution < 1.29 is 29.0 Å². The molecular weight excluding hydrogens is 548 g/mol. The second-order valence-corrected chi connectivity index (χ2v) is 12.4. The predicted octanol–water partition coefficient (Wildman–Crippen LogP) is 3.36. The normalized spacial score (nSPS) is 18.9. The molecule has 1 aliphatic rings. The molecule has 2 aromatic rings. The van der Waals surface area contributed by atoms with Gasteiger partial charge in [-0.1, -0.05) is 73.5 Å². The van der Waals surface area contributed by atoms with E-state index in [0.717, 1.165) is 36.8 Å². The van der Waals surface area contributed by atoms with Crippen molar-refractivity contribution in [2.45, 2.75) is 96.1 Å². The Labute approximate surface area is 254 Å². The molecule has 0 aliphatic heterocycles. The van der Waals surface area contributed by atoms with Gasteiger partial charge in [-0.2, -0.15) is 0 Å². The highest BCUT2D eigenvalue weighted by Gasteiger charge is 2.36. The minimum absolute atomic E-state index is 0.0156. The molecule has 6 N–H and O–H groups in total. The third-order valence-corrected chi connectivity index (χ3v) is 7.61. The first kappa shape index (κ1) is 33.6. The number of alkyl carbamates (subject to hydrolysis) is 1. The van der Waals surface area contributed by atoms with E-state index in [9.17, 15) is 24.3 Å². The molecule has 0 bridgehead atoms. The van der Waals surface area contributed by atoms with Crippen molar-refractivity contribution >= 4 is 23.8 Å². The lowest BCUT2D eigenvalue weighted by Gasteiger charge is -2.36. The topological polar surface area (TPSA) is 160 Å². The van der Waals surface area contributed by atoms with Gasteiger partial charge in [0.1, 0.15) is 12.6 Å². The molecule has 0 spiro atoms. The number of carbonyl (C=O) groups is 4. The Hall–Kier alpha value is -3.92. The summed E-state index contributed by atoms with van der Waals surface area (Å²) >= 11 is 0. The Morgan fingerprint density at radius 2 is 1.53 bits per heavy atom. The van der Waals surface area contributed by atoms with Crippen LogP contribution >= 0.6 is 0 Å². The van der Waals surface area contributed by atoms with Crippen molar-refractivity contribution in [2.24, 2.45) is 17.6 Å². The van der Waals surface area contributed by atoms with Crippen LogP contribution in [0, 0.1) is 11.8 Å². The average Bonchev–Trinajstić information content (AvgIpc) is 2.95. The van der Waals surface area contributed by atoms with Gasteiger partial charge in [-0.05, 0) is 63.5 Å². The molecule has 3 rings (SSSR count). The third-order valence-electron chi connectivity index (χ3n) is 7.61. The fourth-order valence-corrected chi connectivity index (χ4v) is 5.52. The molecule has 43 heavy (non-hydrogen) atoms. The van der Waals surface area contributed by atoms with Gasteiger partial charge < -0.3 is 31.5 Å². The zero-order chi connectivity index (χ0) is 31.4. The Kier molecular flexibility index (Phi) is 12.5. The van der Waals surface area contributed by atoms with Crippen LogP contribution in [0.15, 0.2) is 60.7 Å². The number of primary amides is 1. The summed E-state index contributed by atoms with van der Waals surface area (Å²) in [5, 5.41) is 19.9. The number of hydrogen-bond donors (Lipinski definition) is 5. The van der Waals surface area contributed by atoms with Gasteiger partial charge in [0, 0.05) is 11.5 Å². The van der Waals surface area contributed by atoms with Gasteiger partial charge in [0.05, 0.1) is 18.6 Å². The van der Waals surface area contributed by atoms with Gasteiger partial charge in [0.25, 0.3) is 0 Å². The SMILES string of the molecule is CC(C)(C)NC(=O)[C@@H]1CCCC[C@H]1C[C@@H](O)[C@H](Cc1ccccc1)NC(=O)[C@H](CC(N)=O)NC(=O)OCc1ccccc1. The van der Waals surface area contributed by atoms with E-state index in [0.29, 0.717) is 12.8 Å². The Balaban J connectivity index is 1.73. The summed E-state index contributed by atoms with van der Waals surface area (Å²) in [6, 6.07) is 16.4. The van der Waals surface area contributed by atoms with Gasteiger partial charge in [-0.3, -0.25) is 14.4 Å². The van der Waals surface area contributed by atoms with Crippen LogP contribution in [0.1, 0.15) is 70.4 Å². The average molecular weight is 595 g/mol. The molecule has 5 atom stereocenters. The lowest BCUT2D eigenvalue weighted by molar-refractivity contribution is -0.130. The van der Waals surface area contributed by atoms with E-state index < -0.39 is 42.5 Å². The molecule has 4 amide bonds. The standard InChI is InChI=1S/C33H46N4O6/c1-33(2,3)37-30(40)25-17-11-10-16-24(25)19-28(38)26(18-22-12-6-4-7-13-22)35-31(41)27(20-29(34)39)36-32(42)43-21-23-14-8-5-9-15-23/h4-9,12-15,24-28,38H,10-11,16-21H2,1-3H3,(H2,34,39)(H,35,41)(H,36,42)(H,37,40)/t24-,25+,26-,27-,28+/m0/s1. The van der Waals surface area contributed by atoms with Crippen molar-refractivity contribution in [3.8, 4) is 0 Å². The fourth-order valence-electron chi connectivity index (χ4n) is 5.52. The summed E-state index contributed by atoms with van der Waals surface area (Å²) in [6.45, 7) is 5.81. The quantitative estimate of drug-likeness (QED) is 0.239. The van der Waals surface area contributed by atoms with Crippen LogP contribution in [0.2, 0.25) is 0 Å². The van der Waals surface area contributed by atoms with Gasteiger partial charge in [-0.15, -0.1) is 0 Å². The monoisotopic (exact) mass is 594 g/mol. The second kappa shape index (κ2) is 16.1. The molecule has 1 fully saturated rings. The van der Waals surface area contributed by atoms with E-state index in [1.165, 1.54) is 0 Å². The summed E-state index contributed by atoms with van der Waals surface area (Å²) < 4.78 is 5.24. The molecule has 0 heterocycles. The van der Waals surface area contributed by atoms with E-state index >= 15 is 0 Å². The van der Waals surface area contributed by atoms with Crippen LogP contribution < -0.4 is 21.7 Å². The van der Waals surface area contributed by atoms with Crippen molar-refractivity contribution in [1.82, 2.24) is 16.0 Å². The highest BCUT2D eigenvalue weighted by molar-refractivity contribution is 5.90. The molecule has 0 radical (unpaired) electrons. The second-order valence-electron chi connectivity index (χ2n) is 12.4. The number of amides is 4. The maximum Gasteiger partial charge on any atom is 0.408 e. The molecule has 10 nitrogen and oxygen atoms in total. The first-order valence-electron chi connectivity index (χ1n) is 15.0. The largest absolute Gasteiger partial charge is 0.445 e. The van der Waals surface area contributed by atoms with E-state index in [1.807, 2.05) is 69.3 Å². The first-order valence-corrected chi connectivity index (χ1v) is 15.0. The van der Waals surface area contributed by atoms with Crippen LogP contribution in [0.25, 0.3) is 0 Å². The number of nitrogens with one attached hydrogen (secondary N) is 3. The summed E-state index contributed by atoms with van der Waals surface area (Å²) in [5.74, 6) is -1.76. The maximum atomic E-state index is 13.5. The van der Waals surface area contributed by atoms with Gasteiger partial charge in [0.15, 0.2) is 0 Å². The van der Waals surface area contributed by atoms with Crippen LogP contribution in [-0.4, -0.2) is 52.6 Å². The summed E-state index contributed by atoms with van der Waals surface area (Å²) in [4.78, 5) is 50.9. The number of aliphatic hydroxyl groups is 1. The van der Waals surface area contributed by atoms with Crippen molar-refractivity contribution in [3.05, 3.63) is 71.8 Å². The number of aliphatic hydroxyl groups excluding tert-OH is 1. The van der Waals surface area contributed by atoms with Crippen LogP contribution in [0.4, 0.5) is 4.79 Å². The smallest absolute Gasteiger partial charge is 0.408 e. The van der Waals surface area contributed by atoms with Crippen molar-refractivity contribution in [3.63, 3.8) is 0 Å². The number of carbonyl (C=O) groups excluding carboxylic acids is 4. The molecular formula is C33H46N4O6. The third kappa shape index (κ3) is 11.7. The van der Waals surface area contributed by atoms with E-state index in [1.54, 1.807) is 12.1 Å². The number of hydrogen-bond acceptors (Lipinski definition) is 6. The molecule has 1 aliphatic carbocycles. The Morgan fingerprint density at radius 3 is 2.14 bits per heavy atom. The highest BCUT2D eigenvalue weighted by Crippen LogP contribution is 2.34. The zero-order valence-corrected chi connectivity index (χ0v) is 25.4. The first-order chi connectivity index (χ1) is 20.4. The predicted molar refractivity (Wildman–Crippen MR) is 163 cm³/mol. The lowest BCUT2D eigenvalue weighted by Crippen LogP contribution is -2.54. The summed E-state index contributed by atoms with van der Waals surface area (Å²) in [6.07, 6.45) is 1.75. The van der Waals surface area contributed by atoms with E-state index in [4.69, 9.17) is 10.5 Å². The number of rotatable bonds is 13. The van der Waals surface area contributed by atoms with Gasteiger partial charge >= 0.3 is 6.09 Å². The fraction of sp³-hybridized carbons (Fsp3) is 0.515. The van der Waals surface area contributed by atoms with Crippen molar-refractivity contribution in [2.75, 3.05) is 0 Å². The van der Waals surface area contributed by atoms with Crippen LogP contribution in [-0.2, 0) is 32.1 Å². The number of benzene rings is 2. The zero-order valence-electron chi connectivity index (χ0n) is 25.4. The number of ether oxygens (including phenoxy) is 1. The summed E-state index contributed by atoms with van der Waals surface area (Å²) in [7, 11) is 0. The number of nitrogens with two attached hydrogens (primary N) is 1. The van der Waals surface area contributed by atoms with Crippen molar-refractivity contribution in [1.29, 1.82) is 0 Å². The molecule has 0 aromatic heterocycles. The van der Waals surface area contributed by atoms with E-state index in [2.05, 4.69) is 16.0 Å².